The molecule has 0 spiro atoms. The fourth-order valence-corrected chi connectivity index (χ4v) is 1.57. The highest BCUT2D eigenvalue weighted by Gasteiger charge is 2.04. The molecular formula is C12H18BrNO3. The summed E-state index contributed by atoms with van der Waals surface area (Å²) in [5, 5.41) is 0. The maximum atomic E-state index is 5.51. The van der Waals surface area contributed by atoms with Crippen molar-refractivity contribution in [3.8, 4) is 5.88 Å². The highest BCUT2D eigenvalue weighted by Crippen LogP contribution is 2.25. The summed E-state index contributed by atoms with van der Waals surface area (Å²) in [6.07, 6.45) is 2.64. The van der Waals surface area contributed by atoms with Crippen molar-refractivity contribution in [2.45, 2.75) is 13.3 Å². The van der Waals surface area contributed by atoms with E-state index in [-0.39, 0.29) is 0 Å². The van der Waals surface area contributed by atoms with Crippen LogP contribution in [-0.2, 0) is 9.47 Å². The van der Waals surface area contributed by atoms with Crippen molar-refractivity contribution in [3.63, 3.8) is 0 Å². The van der Waals surface area contributed by atoms with Crippen LogP contribution in [0.15, 0.2) is 16.7 Å². The van der Waals surface area contributed by atoms with Crippen molar-refractivity contribution in [1.29, 1.82) is 0 Å². The van der Waals surface area contributed by atoms with Crippen LogP contribution in [0.3, 0.4) is 0 Å². The lowest BCUT2D eigenvalue weighted by Gasteiger charge is -2.08. The Balaban J connectivity index is 2.16. The summed E-state index contributed by atoms with van der Waals surface area (Å²) in [5.41, 5.74) is 1.11. The number of ether oxygens (including phenoxy) is 3. The van der Waals surface area contributed by atoms with Crippen LogP contribution >= 0.6 is 15.9 Å². The van der Waals surface area contributed by atoms with Gasteiger partial charge in [0.1, 0.15) is 6.61 Å². The minimum absolute atomic E-state index is 0.502. The van der Waals surface area contributed by atoms with Gasteiger partial charge < -0.3 is 14.2 Å². The van der Waals surface area contributed by atoms with Gasteiger partial charge in [0.2, 0.25) is 5.88 Å². The third kappa shape index (κ3) is 5.48. The third-order valence-corrected chi connectivity index (χ3v) is 3.12. The summed E-state index contributed by atoms with van der Waals surface area (Å²) >= 11 is 3.44. The Labute approximate surface area is 110 Å². The molecule has 0 atom stereocenters. The topological polar surface area (TPSA) is 40.6 Å². The average Bonchev–Trinajstić information content (AvgIpc) is 2.33. The normalized spacial score (nSPS) is 10.5. The van der Waals surface area contributed by atoms with Crippen molar-refractivity contribution >= 4 is 15.9 Å². The number of hydrogen-bond acceptors (Lipinski definition) is 4. The van der Waals surface area contributed by atoms with Crippen molar-refractivity contribution in [2.75, 3.05) is 33.5 Å². The van der Waals surface area contributed by atoms with Crippen molar-refractivity contribution < 1.29 is 14.2 Å². The molecule has 0 unspecified atom stereocenters. The smallest absolute Gasteiger partial charge is 0.228 e. The molecule has 0 bridgehead atoms. The Bertz CT molecular complexity index is 334. The molecule has 0 aliphatic carbocycles. The van der Waals surface area contributed by atoms with Gasteiger partial charge in [-0.25, -0.2) is 4.98 Å². The second-order valence-corrected chi connectivity index (χ2v) is 4.35. The van der Waals surface area contributed by atoms with Crippen molar-refractivity contribution in [1.82, 2.24) is 4.98 Å². The van der Waals surface area contributed by atoms with Gasteiger partial charge in [0.15, 0.2) is 0 Å². The van der Waals surface area contributed by atoms with Gasteiger partial charge in [0.05, 0.1) is 11.1 Å². The maximum Gasteiger partial charge on any atom is 0.228 e. The number of aromatic nitrogens is 1. The van der Waals surface area contributed by atoms with Gasteiger partial charge in [-0.15, -0.1) is 0 Å². The predicted molar refractivity (Wildman–Crippen MR) is 69.5 cm³/mol. The Kier molecular flexibility index (Phi) is 7.16. The van der Waals surface area contributed by atoms with Crippen molar-refractivity contribution in [2.24, 2.45) is 0 Å². The summed E-state index contributed by atoms with van der Waals surface area (Å²) in [6, 6.07) is 1.93. The minimum Gasteiger partial charge on any atom is -0.474 e. The van der Waals surface area contributed by atoms with E-state index in [4.69, 9.17) is 14.2 Å². The van der Waals surface area contributed by atoms with Crippen LogP contribution in [0.1, 0.15) is 12.0 Å². The van der Waals surface area contributed by atoms with Crippen LogP contribution in [-0.4, -0.2) is 38.5 Å². The maximum absolute atomic E-state index is 5.51. The van der Waals surface area contributed by atoms with E-state index >= 15 is 0 Å². The van der Waals surface area contributed by atoms with Crippen LogP contribution in [0.5, 0.6) is 5.88 Å². The van der Waals surface area contributed by atoms with E-state index < -0.39 is 0 Å². The lowest BCUT2D eigenvalue weighted by atomic mass is 10.3. The highest BCUT2D eigenvalue weighted by molar-refractivity contribution is 9.10. The number of methoxy groups -OCH3 is 1. The number of pyridine rings is 1. The van der Waals surface area contributed by atoms with E-state index in [0.717, 1.165) is 23.1 Å². The van der Waals surface area contributed by atoms with E-state index in [2.05, 4.69) is 20.9 Å². The lowest BCUT2D eigenvalue weighted by molar-refractivity contribution is 0.0793. The average molecular weight is 304 g/mol. The molecule has 0 radical (unpaired) electrons. The molecule has 0 aliphatic heterocycles. The molecule has 0 amide bonds. The zero-order valence-electron chi connectivity index (χ0n) is 10.2. The molecule has 96 valence electrons. The number of rotatable bonds is 8. The molecule has 0 fully saturated rings. The molecule has 1 aromatic rings. The summed E-state index contributed by atoms with van der Waals surface area (Å²) < 4.78 is 16.7. The first kappa shape index (κ1) is 14.4. The Morgan fingerprint density at radius 3 is 2.82 bits per heavy atom. The summed E-state index contributed by atoms with van der Waals surface area (Å²) in [5.74, 6) is 0.616. The van der Waals surface area contributed by atoms with Crippen LogP contribution in [0, 0.1) is 6.92 Å². The van der Waals surface area contributed by atoms with E-state index in [9.17, 15) is 0 Å². The van der Waals surface area contributed by atoms with E-state index in [0.29, 0.717) is 25.7 Å². The van der Waals surface area contributed by atoms with E-state index in [1.54, 1.807) is 13.3 Å². The van der Waals surface area contributed by atoms with Gasteiger partial charge in [-0.1, -0.05) is 0 Å². The second kappa shape index (κ2) is 8.44. The van der Waals surface area contributed by atoms with Crippen LogP contribution in [0.4, 0.5) is 0 Å². The fraction of sp³-hybridized carbons (Fsp3) is 0.583. The summed E-state index contributed by atoms with van der Waals surface area (Å²) in [6.45, 7) is 4.49. The molecular weight excluding hydrogens is 286 g/mol. The molecule has 17 heavy (non-hydrogen) atoms. The first-order chi connectivity index (χ1) is 8.25. The Hall–Kier alpha value is -0.650. The molecule has 0 N–H and O–H groups in total. The van der Waals surface area contributed by atoms with Gasteiger partial charge in [-0.3, -0.25) is 0 Å². The summed E-state index contributed by atoms with van der Waals surface area (Å²) in [7, 11) is 1.68. The number of aryl methyl sites for hydroxylation is 1. The quantitative estimate of drug-likeness (QED) is 0.692. The first-order valence-electron chi connectivity index (χ1n) is 5.56. The zero-order chi connectivity index (χ0) is 12.5. The Morgan fingerprint density at radius 2 is 2.06 bits per heavy atom. The van der Waals surface area contributed by atoms with Crippen LogP contribution in [0.2, 0.25) is 0 Å². The second-order valence-electron chi connectivity index (χ2n) is 3.55. The molecule has 1 aromatic heterocycles. The number of hydrogen-bond donors (Lipinski definition) is 0. The molecule has 0 saturated carbocycles. The van der Waals surface area contributed by atoms with Gasteiger partial charge >= 0.3 is 0 Å². The molecule has 0 aliphatic rings. The zero-order valence-corrected chi connectivity index (χ0v) is 11.8. The standard InChI is InChI=1S/C12H18BrNO3/c1-10-4-5-14-12(11(10)13)17-9-8-16-7-3-6-15-2/h4-5H,3,6-9H2,1-2H3. The molecule has 1 rings (SSSR count). The molecule has 1 heterocycles. The SMILES string of the molecule is COCCCOCCOc1nccc(C)c1Br. The molecule has 0 aromatic carbocycles. The van der Waals surface area contributed by atoms with Crippen molar-refractivity contribution in [3.05, 3.63) is 22.3 Å². The minimum atomic E-state index is 0.502. The third-order valence-electron chi connectivity index (χ3n) is 2.15. The van der Waals surface area contributed by atoms with E-state index in [1.807, 2.05) is 13.0 Å². The van der Waals surface area contributed by atoms with Gasteiger partial charge in [-0.2, -0.15) is 0 Å². The molecule has 5 heteroatoms. The summed E-state index contributed by atoms with van der Waals surface area (Å²) in [4.78, 5) is 4.14. The number of halogens is 1. The van der Waals surface area contributed by atoms with Gasteiger partial charge in [-0.05, 0) is 40.9 Å². The number of nitrogens with zero attached hydrogens (tertiary/aromatic N) is 1. The predicted octanol–water partition coefficient (Wildman–Crippen LogP) is 2.58. The lowest BCUT2D eigenvalue weighted by Crippen LogP contribution is -2.09. The Morgan fingerprint density at radius 1 is 1.24 bits per heavy atom. The monoisotopic (exact) mass is 303 g/mol. The van der Waals surface area contributed by atoms with Crippen LogP contribution in [0.25, 0.3) is 0 Å². The largest absolute Gasteiger partial charge is 0.474 e. The first-order valence-corrected chi connectivity index (χ1v) is 6.35. The van der Waals surface area contributed by atoms with Gasteiger partial charge in [0, 0.05) is 26.5 Å². The highest BCUT2D eigenvalue weighted by atomic mass is 79.9. The molecule has 4 nitrogen and oxygen atoms in total. The van der Waals surface area contributed by atoms with Crippen LogP contribution < -0.4 is 4.74 Å². The fourth-order valence-electron chi connectivity index (χ4n) is 1.22. The van der Waals surface area contributed by atoms with Gasteiger partial charge in [0.25, 0.3) is 0 Å². The molecule has 0 saturated heterocycles. The van der Waals surface area contributed by atoms with E-state index in [1.165, 1.54) is 0 Å².